The Balaban J connectivity index is 1.90. The van der Waals surface area contributed by atoms with Gasteiger partial charge in [0.2, 0.25) is 15.9 Å². The number of carbonyl (C=O) groups excluding carboxylic acids is 1. The molecule has 0 atom stereocenters. The third-order valence-electron chi connectivity index (χ3n) is 3.94. The molecule has 1 aromatic carbocycles. The summed E-state index contributed by atoms with van der Waals surface area (Å²) in [4.78, 5) is 12.0. The fourth-order valence-electron chi connectivity index (χ4n) is 2.30. The van der Waals surface area contributed by atoms with Gasteiger partial charge in [-0.25, -0.2) is 8.42 Å². The minimum Gasteiger partial charge on any atom is -0.493 e. The van der Waals surface area contributed by atoms with Gasteiger partial charge < -0.3 is 19.2 Å². The van der Waals surface area contributed by atoms with E-state index in [0.717, 1.165) is 11.8 Å². The lowest BCUT2D eigenvalue weighted by atomic mass is 10.2. The normalized spacial score (nSPS) is 11.8. The summed E-state index contributed by atoms with van der Waals surface area (Å²) in [6.07, 6.45) is 4.00. The zero-order valence-corrected chi connectivity index (χ0v) is 17.1. The first-order chi connectivity index (χ1) is 13.2. The summed E-state index contributed by atoms with van der Waals surface area (Å²) in [6, 6.07) is 8.74. The van der Waals surface area contributed by atoms with Gasteiger partial charge in [-0.1, -0.05) is 6.07 Å². The maximum absolute atomic E-state index is 12.0. The Morgan fingerprint density at radius 3 is 2.54 bits per heavy atom. The molecule has 1 aromatic heterocycles. The van der Waals surface area contributed by atoms with Gasteiger partial charge in [0.1, 0.15) is 11.5 Å². The molecule has 1 heterocycles. The molecule has 9 heteroatoms. The minimum absolute atomic E-state index is 0.123. The fraction of sp³-hybridized carbons (Fsp3) is 0.316. The van der Waals surface area contributed by atoms with Crippen LogP contribution in [0, 0.1) is 0 Å². The lowest BCUT2D eigenvalue weighted by Gasteiger charge is -2.11. The number of hydrogen-bond acceptors (Lipinski definition) is 6. The molecule has 1 amide bonds. The Bertz CT molecular complexity index is 949. The average molecular weight is 408 g/mol. The van der Waals surface area contributed by atoms with E-state index >= 15 is 0 Å². The van der Waals surface area contributed by atoms with Crippen LogP contribution in [0.5, 0.6) is 11.5 Å². The standard InChI is InChI=1S/C19H24N2O6S/c1-21(28(4,23)24)13-16-7-6-15(27-16)8-10-19(22)20-12-14-5-9-17(25-2)18(11-14)26-3/h5-11H,12-13H2,1-4H3,(H,20,22)/b10-8+. The highest BCUT2D eigenvalue weighted by Crippen LogP contribution is 2.27. The molecule has 0 radical (unpaired) electrons. The second kappa shape index (κ2) is 9.43. The third kappa shape index (κ3) is 6.14. The van der Waals surface area contributed by atoms with Crippen LogP contribution in [0.25, 0.3) is 6.08 Å². The summed E-state index contributed by atoms with van der Waals surface area (Å²) in [5, 5.41) is 2.77. The van der Waals surface area contributed by atoms with E-state index in [1.54, 1.807) is 38.5 Å². The molecule has 28 heavy (non-hydrogen) atoms. The Morgan fingerprint density at radius 1 is 1.18 bits per heavy atom. The number of furan rings is 1. The van der Waals surface area contributed by atoms with Gasteiger partial charge in [0.25, 0.3) is 0 Å². The van der Waals surface area contributed by atoms with Gasteiger partial charge in [0.15, 0.2) is 11.5 Å². The predicted molar refractivity (Wildman–Crippen MR) is 105 cm³/mol. The predicted octanol–water partition coefficient (Wildman–Crippen LogP) is 2.02. The summed E-state index contributed by atoms with van der Waals surface area (Å²) in [5.74, 6) is 1.86. The Labute approximate surface area is 164 Å². The molecule has 0 aliphatic rings. The molecule has 0 saturated heterocycles. The van der Waals surface area contributed by atoms with Crippen LogP contribution in [0.1, 0.15) is 17.1 Å². The summed E-state index contributed by atoms with van der Waals surface area (Å²) in [5.41, 5.74) is 0.864. The van der Waals surface area contributed by atoms with Crippen LogP contribution < -0.4 is 14.8 Å². The molecule has 0 saturated carbocycles. The van der Waals surface area contributed by atoms with E-state index in [-0.39, 0.29) is 12.5 Å². The molecule has 0 bridgehead atoms. The topological polar surface area (TPSA) is 98.1 Å². The summed E-state index contributed by atoms with van der Waals surface area (Å²) < 4.78 is 40.0. The summed E-state index contributed by atoms with van der Waals surface area (Å²) in [6.45, 7) is 0.449. The van der Waals surface area contributed by atoms with Gasteiger partial charge >= 0.3 is 0 Å². The number of rotatable bonds is 9. The van der Waals surface area contributed by atoms with Crippen molar-refractivity contribution in [2.75, 3.05) is 27.5 Å². The first kappa shape index (κ1) is 21.5. The van der Waals surface area contributed by atoms with E-state index in [0.29, 0.717) is 29.6 Å². The van der Waals surface area contributed by atoms with Crippen LogP contribution in [0.3, 0.4) is 0 Å². The number of methoxy groups -OCH3 is 2. The molecular weight excluding hydrogens is 384 g/mol. The van der Waals surface area contributed by atoms with E-state index in [1.807, 2.05) is 6.07 Å². The van der Waals surface area contributed by atoms with Crippen molar-refractivity contribution in [1.29, 1.82) is 0 Å². The molecule has 152 valence electrons. The van der Waals surface area contributed by atoms with Crippen molar-refractivity contribution in [3.05, 3.63) is 53.5 Å². The maximum Gasteiger partial charge on any atom is 0.244 e. The zero-order chi connectivity index (χ0) is 20.7. The van der Waals surface area contributed by atoms with E-state index in [4.69, 9.17) is 13.9 Å². The Kier molecular flexibility index (Phi) is 7.24. The van der Waals surface area contributed by atoms with Crippen LogP contribution in [0.2, 0.25) is 0 Å². The van der Waals surface area contributed by atoms with E-state index in [2.05, 4.69) is 5.32 Å². The molecule has 2 aromatic rings. The number of nitrogens with one attached hydrogen (secondary N) is 1. The van der Waals surface area contributed by atoms with Crippen LogP contribution in [-0.2, 0) is 27.9 Å². The highest BCUT2D eigenvalue weighted by molar-refractivity contribution is 7.88. The minimum atomic E-state index is -3.29. The van der Waals surface area contributed by atoms with Gasteiger partial charge in [-0.05, 0) is 35.9 Å². The summed E-state index contributed by atoms with van der Waals surface area (Å²) >= 11 is 0. The van der Waals surface area contributed by atoms with Gasteiger partial charge in [0, 0.05) is 19.7 Å². The lowest BCUT2D eigenvalue weighted by molar-refractivity contribution is -0.116. The lowest BCUT2D eigenvalue weighted by Crippen LogP contribution is -2.24. The maximum atomic E-state index is 12.0. The smallest absolute Gasteiger partial charge is 0.244 e. The molecule has 0 spiro atoms. The third-order valence-corrected chi connectivity index (χ3v) is 5.20. The average Bonchev–Trinajstić information content (AvgIpc) is 3.11. The molecular formula is C19H24N2O6S. The van der Waals surface area contributed by atoms with Crippen LogP contribution >= 0.6 is 0 Å². The van der Waals surface area contributed by atoms with Gasteiger partial charge in [-0.15, -0.1) is 0 Å². The van der Waals surface area contributed by atoms with Crippen molar-refractivity contribution in [2.45, 2.75) is 13.1 Å². The quantitative estimate of drug-likeness (QED) is 0.638. The van der Waals surface area contributed by atoms with Crippen molar-refractivity contribution in [3.8, 4) is 11.5 Å². The number of sulfonamides is 1. The van der Waals surface area contributed by atoms with Crippen LogP contribution in [-0.4, -0.2) is 46.2 Å². The van der Waals surface area contributed by atoms with Crippen molar-refractivity contribution >= 4 is 22.0 Å². The number of hydrogen-bond donors (Lipinski definition) is 1. The van der Waals surface area contributed by atoms with Gasteiger partial charge in [-0.2, -0.15) is 4.31 Å². The van der Waals surface area contributed by atoms with Crippen molar-refractivity contribution in [1.82, 2.24) is 9.62 Å². The first-order valence-electron chi connectivity index (χ1n) is 8.39. The van der Waals surface area contributed by atoms with Crippen LogP contribution in [0.15, 0.2) is 40.8 Å². The van der Waals surface area contributed by atoms with Gasteiger partial charge in [0.05, 0.1) is 27.0 Å². The molecule has 2 rings (SSSR count). The summed E-state index contributed by atoms with van der Waals surface area (Å²) in [7, 11) is 1.29. The fourth-order valence-corrected chi connectivity index (χ4v) is 2.66. The highest BCUT2D eigenvalue weighted by Gasteiger charge is 2.13. The van der Waals surface area contributed by atoms with Crippen molar-refractivity contribution in [2.24, 2.45) is 0 Å². The number of amides is 1. The molecule has 0 fully saturated rings. The monoisotopic (exact) mass is 408 g/mol. The number of carbonyl (C=O) groups is 1. The van der Waals surface area contributed by atoms with Crippen LogP contribution in [0.4, 0.5) is 0 Å². The number of ether oxygens (including phenoxy) is 2. The van der Waals surface area contributed by atoms with E-state index in [1.165, 1.54) is 23.5 Å². The molecule has 8 nitrogen and oxygen atoms in total. The Hall–Kier alpha value is -2.78. The SMILES string of the molecule is COc1ccc(CNC(=O)/C=C/c2ccc(CN(C)S(C)(=O)=O)o2)cc1OC. The molecule has 0 aliphatic carbocycles. The van der Waals surface area contributed by atoms with E-state index in [9.17, 15) is 13.2 Å². The van der Waals surface area contributed by atoms with Crippen molar-refractivity contribution in [3.63, 3.8) is 0 Å². The highest BCUT2D eigenvalue weighted by atomic mass is 32.2. The zero-order valence-electron chi connectivity index (χ0n) is 16.3. The van der Waals surface area contributed by atoms with E-state index < -0.39 is 10.0 Å². The second-order valence-corrected chi connectivity index (χ2v) is 8.15. The largest absolute Gasteiger partial charge is 0.493 e. The first-order valence-corrected chi connectivity index (χ1v) is 10.2. The van der Waals surface area contributed by atoms with Crippen molar-refractivity contribution < 1.29 is 27.1 Å². The van der Waals surface area contributed by atoms with Gasteiger partial charge in [-0.3, -0.25) is 4.79 Å². The molecule has 0 unspecified atom stereocenters. The molecule has 1 N–H and O–H groups in total. The number of benzene rings is 1. The molecule has 0 aliphatic heterocycles. The number of nitrogens with zero attached hydrogens (tertiary/aromatic N) is 1. The second-order valence-electron chi connectivity index (χ2n) is 6.06. The Morgan fingerprint density at radius 2 is 1.89 bits per heavy atom.